The predicted molar refractivity (Wildman–Crippen MR) is 148 cm³/mol. The number of anilines is 1. The number of aryl methyl sites for hydroxylation is 1. The van der Waals surface area contributed by atoms with Crippen LogP contribution in [-0.4, -0.2) is 82.9 Å². The maximum absolute atomic E-state index is 12.2. The van der Waals surface area contributed by atoms with Crippen LogP contribution < -0.4 is 10.1 Å². The van der Waals surface area contributed by atoms with E-state index in [-0.39, 0.29) is 11.6 Å². The van der Waals surface area contributed by atoms with E-state index in [1.54, 1.807) is 25.1 Å². The molecule has 1 aromatic carbocycles. The van der Waals surface area contributed by atoms with Crippen LogP contribution in [-0.2, 0) is 55.5 Å². The first-order chi connectivity index (χ1) is 20.2. The number of hydrogen-bond donors (Lipinski definition) is 2. The highest BCUT2D eigenvalue weighted by molar-refractivity contribution is 9.10. The molecular weight excluding hydrogens is 658 g/mol. The third kappa shape index (κ3) is 8.23. The minimum absolute atomic E-state index is 0.127. The monoisotopic (exact) mass is 685 g/mol. The first-order valence-corrected chi connectivity index (χ1v) is 13.7. The van der Waals surface area contributed by atoms with Crippen molar-refractivity contribution in [2.45, 2.75) is 65.3 Å². The minimum atomic E-state index is -1.60. The lowest BCUT2D eigenvalue weighted by atomic mass is 9.97. The largest absolute Gasteiger partial charge is 0.741 e. The Morgan fingerprint density at radius 3 is 2.21 bits per heavy atom. The Morgan fingerprint density at radius 2 is 1.67 bits per heavy atom. The van der Waals surface area contributed by atoms with Crippen LogP contribution in [0.1, 0.15) is 43.7 Å². The van der Waals surface area contributed by atoms with Gasteiger partial charge in [0, 0.05) is 43.8 Å². The van der Waals surface area contributed by atoms with Crippen LogP contribution in [0.2, 0.25) is 0 Å². The fraction of sp³-hybridized carbons (Fsp3) is 0.440. The quantitative estimate of drug-likeness (QED) is 0.0524. The lowest BCUT2D eigenvalue weighted by molar-refractivity contribution is -0.671. The molecule has 0 radical (unpaired) electrons. The van der Waals surface area contributed by atoms with Gasteiger partial charge in [-0.15, -0.1) is 0 Å². The number of nitrogens with one attached hydrogen (secondary N) is 2. The fourth-order valence-electron chi connectivity index (χ4n) is 4.23. The lowest BCUT2D eigenvalue weighted by Crippen LogP contribution is -2.67. The van der Waals surface area contributed by atoms with E-state index in [0.717, 1.165) is 42.7 Å². The molecule has 1 aromatic heterocycles. The summed E-state index contributed by atoms with van der Waals surface area (Å²) in [5.41, 5.74) is 3.75. The summed E-state index contributed by atoms with van der Waals surface area (Å²) in [5.74, 6) is -3.51. The molecule has 0 amide bonds. The van der Waals surface area contributed by atoms with Crippen molar-refractivity contribution < 1.29 is 56.9 Å². The van der Waals surface area contributed by atoms with Gasteiger partial charge in [-0.05, 0) is 28.9 Å². The summed E-state index contributed by atoms with van der Waals surface area (Å²) in [6.45, 7) is 5.63. The number of esters is 4. The Kier molecular flexibility index (Phi) is 11.1. The molecule has 0 spiro atoms. The highest BCUT2D eigenvalue weighted by Crippen LogP contribution is 2.32. The molecule has 2 aromatic rings. The summed E-state index contributed by atoms with van der Waals surface area (Å²) >= 11 is 8.49. The summed E-state index contributed by atoms with van der Waals surface area (Å²) in [6.07, 6.45) is -7.02. The number of hydrazine groups is 1. The molecule has 0 unspecified atom stereocenters. The van der Waals surface area contributed by atoms with E-state index in [1.165, 1.54) is 4.68 Å². The molecule has 43 heavy (non-hydrogen) atoms. The second-order valence-electron chi connectivity index (χ2n) is 9.12. The topological polar surface area (TPSA) is 201 Å². The van der Waals surface area contributed by atoms with Gasteiger partial charge in [0.2, 0.25) is 17.2 Å². The minimum Gasteiger partial charge on any atom is -0.741 e. The van der Waals surface area contributed by atoms with E-state index in [2.05, 4.69) is 26.6 Å². The zero-order chi connectivity index (χ0) is 32.0. The molecule has 232 valence electrons. The zero-order valence-electron chi connectivity index (χ0n) is 23.5. The van der Waals surface area contributed by atoms with Crippen molar-refractivity contribution >= 4 is 69.8 Å². The van der Waals surface area contributed by atoms with Crippen molar-refractivity contribution in [2.75, 3.05) is 12.0 Å². The van der Waals surface area contributed by atoms with E-state index < -0.39 is 66.3 Å². The van der Waals surface area contributed by atoms with E-state index >= 15 is 0 Å². The summed E-state index contributed by atoms with van der Waals surface area (Å²) in [5, 5.41) is 12.4. The van der Waals surface area contributed by atoms with Gasteiger partial charge in [0.25, 0.3) is 0 Å². The maximum Gasteiger partial charge on any atom is 0.345 e. The second kappa shape index (κ2) is 14.3. The maximum atomic E-state index is 12.2. The van der Waals surface area contributed by atoms with Gasteiger partial charge in [-0.2, -0.15) is 0 Å². The number of halogens is 1. The van der Waals surface area contributed by atoms with Crippen molar-refractivity contribution in [1.29, 1.82) is 5.41 Å². The summed E-state index contributed by atoms with van der Waals surface area (Å²) in [6, 6.07) is 5.21. The smallest absolute Gasteiger partial charge is 0.345 e. The van der Waals surface area contributed by atoms with Crippen molar-refractivity contribution in [3.8, 4) is 5.69 Å². The molecule has 0 bridgehead atoms. The van der Waals surface area contributed by atoms with Gasteiger partial charge in [0.15, 0.2) is 24.5 Å². The number of carbonyl (C=O) groups excluding carboxylic acids is 5. The van der Waals surface area contributed by atoms with Crippen LogP contribution >= 0.6 is 15.9 Å². The Bertz CT molecular complexity index is 1420. The molecule has 0 saturated carbocycles. The number of ether oxygens (including phenoxy) is 5. The Labute approximate surface area is 258 Å². The van der Waals surface area contributed by atoms with Crippen LogP contribution in [0.15, 0.2) is 27.2 Å². The number of aldehydes is 1. The standard InChI is InChI=1S/C25H28BrN5O11S/c1-11-8-16(26)6-7-17(11)30-18(9-32)23(42-29-30)28-31(25(27)43)24-22(40-15(5)36)21(39-14(4)35)20(38-13(3)34)19(41-24)10-37-12(2)33/h6-9,19-22,24H,10H2,1-5H3,(H2-,27,28,29,32,43)/t19-,20+,21+,22-,24-/m1/s1. The van der Waals surface area contributed by atoms with E-state index in [9.17, 15) is 24.0 Å². The van der Waals surface area contributed by atoms with E-state index in [4.69, 9.17) is 46.2 Å². The first kappa shape index (κ1) is 33.3. The molecule has 18 heteroatoms. The predicted octanol–water partition coefficient (Wildman–Crippen LogP) is 1.03. The third-order valence-corrected chi connectivity index (χ3v) is 6.52. The SMILES string of the molecule is CC(=O)OC[C@H]1O[C@@H](N(Nc2on[n+](-c3ccc(Br)cc3C)c2C=O)C(=N)[S-])[C@H](OC(C)=O)[C@@H](OC(C)=O)[C@H]1OC(C)=O. The molecule has 2 N–H and O–H groups in total. The second-order valence-corrected chi connectivity index (χ2v) is 10.4. The van der Waals surface area contributed by atoms with Crippen LogP contribution in [0.25, 0.3) is 5.69 Å². The molecule has 1 aliphatic rings. The summed E-state index contributed by atoms with van der Waals surface area (Å²) in [7, 11) is 0. The number of carbonyl (C=O) groups is 5. The average molecular weight is 686 g/mol. The molecule has 1 aliphatic heterocycles. The van der Waals surface area contributed by atoms with Crippen molar-refractivity contribution in [2.24, 2.45) is 0 Å². The van der Waals surface area contributed by atoms with Crippen LogP contribution in [0.5, 0.6) is 0 Å². The summed E-state index contributed by atoms with van der Waals surface area (Å²) < 4.78 is 34.7. The van der Waals surface area contributed by atoms with Gasteiger partial charge in [-0.1, -0.05) is 15.9 Å². The Balaban J connectivity index is 2.11. The zero-order valence-corrected chi connectivity index (χ0v) is 25.9. The molecule has 2 heterocycles. The molecule has 1 fully saturated rings. The molecule has 16 nitrogen and oxygen atoms in total. The number of nitrogens with zero attached hydrogens (tertiary/aromatic N) is 3. The number of benzene rings is 1. The van der Waals surface area contributed by atoms with Gasteiger partial charge >= 0.3 is 35.5 Å². The van der Waals surface area contributed by atoms with E-state index in [0.29, 0.717) is 12.0 Å². The highest BCUT2D eigenvalue weighted by atomic mass is 79.9. The molecule has 3 rings (SSSR count). The van der Waals surface area contributed by atoms with E-state index in [1.807, 2.05) is 0 Å². The third-order valence-electron chi connectivity index (χ3n) is 5.83. The molecular formula is C25H28BrN5O11S. The van der Waals surface area contributed by atoms with Gasteiger partial charge in [-0.25, -0.2) is 0 Å². The normalized spacial score (nSPS) is 21.2. The van der Waals surface area contributed by atoms with Gasteiger partial charge in [-0.3, -0.25) is 38.9 Å². The van der Waals surface area contributed by atoms with Gasteiger partial charge in [0.05, 0.1) is 0 Å². The van der Waals surface area contributed by atoms with Gasteiger partial charge < -0.3 is 41.7 Å². The van der Waals surface area contributed by atoms with Crippen LogP contribution in [0.3, 0.4) is 0 Å². The Hall–Kier alpha value is -4.16. The van der Waals surface area contributed by atoms with Crippen molar-refractivity contribution in [3.05, 3.63) is 33.9 Å². The van der Waals surface area contributed by atoms with Crippen LogP contribution in [0, 0.1) is 12.3 Å². The Morgan fingerprint density at radius 1 is 1.07 bits per heavy atom. The average Bonchev–Trinajstić information content (AvgIpc) is 3.30. The molecule has 5 atom stereocenters. The van der Waals surface area contributed by atoms with Crippen molar-refractivity contribution in [3.63, 3.8) is 0 Å². The number of hydrogen-bond acceptors (Lipinski definition) is 15. The highest BCUT2D eigenvalue weighted by Gasteiger charge is 2.54. The number of aromatic nitrogens is 2. The summed E-state index contributed by atoms with van der Waals surface area (Å²) in [4.78, 5) is 60.1. The first-order valence-electron chi connectivity index (χ1n) is 12.5. The number of rotatable bonds is 10. The van der Waals surface area contributed by atoms with Crippen molar-refractivity contribution in [1.82, 2.24) is 10.3 Å². The van der Waals surface area contributed by atoms with Gasteiger partial charge in [0.1, 0.15) is 12.7 Å². The van der Waals surface area contributed by atoms with Crippen LogP contribution in [0.4, 0.5) is 5.88 Å². The fourth-order valence-corrected chi connectivity index (χ4v) is 4.86. The lowest BCUT2D eigenvalue weighted by Gasteiger charge is -2.48. The molecule has 0 aliphatic carbocycles. The molecule has 1 saturated heterocycles. The number of amidine groups is 1.